The number of benzene rings is 1. The lowest BCUT2D eigenvalue weighted by atomic mass is 10.1. The monoisotopic (exact) mass is 284 g/mol. The number of hydrogen-bond acceptors (Lipinski definition) is 3. The molecule has 3 N–H and O–H groups in total. The molecule has 0 aliphatic rings. The number of carbonyl (C=O) groups is 1. The highest BCUT2D eigenvalue weighted by molar-refractivity contribution is 6.32. The molecule has 0 saturated heterocycles. The van der Waals surface area contributed by atoms with E-state index < -0.39 is 0 Å². The van der Waals surface area contributed by atoms with Crippen molar-refractivity contribution in [3.05, 3.63) is 28.8 Å². The van der Waals surface area contributed by atoms with Crippen LogP contribution in [0.15, 0.2) is 18.2 Å². The normalized spacial score (nSPS) is 10.6. The molecule has 4 nitrogen and oxygen atoms in total. The molecule has 0 heterocycles. The summed E-state index contributed by atoms with van der Waals surface area (Å²) in [6.45, 7) is 4.68. The lowest BCUT2D eigenvalue weighted by Gasteiger charge is -2.13. The van der Waals surface area contributed by atoms with E-state index in [1.54, 1.807) is 6.07 Å². The molecular formula is C14H21ClN2O2. The van der Waals surface area contributed by atoms with Gasteiger partial charge in [0.05, 0.1) is 18.1 Å². The summed E-state index contributed by atoms with van der Waals surface area (Å²) in [5.74, 6) is 0.606. The predicted octanol–water partition coefficient (Wildman–Crippen LogP) is 2.13. The summed E-state index contributed by atoms with van der Waals surface area (Å²) in [6.07, 6.45) is 1.01. The average Bonchev–Trinajstić information content (AvgIpc) is 2.32. The molecule has 1 rings (SSSR count). The summed E-state index contributed by atoms with van der Waals surface area (Å²) < 4.78 is 5.62. The second kappa shape index (κ2) is 8.02. The van der Waals surface area contributed by atoms with Gasteiger partial charge in [0.25, 0.3) is 0 Å². The van der Waals surface area contributed by atoms with Gasteiger partial charge in [-0.1, -0.05) is 23.7 Å². The number of ether oxygens (including phenoxy) is 1. The second-order valence-electron chi connectivity index (χ2n) is 4.59. The first-order valence-corrected chi connectivity index (χ1v) is 6.82. The van der Waals surface area contributed by atoms with Crippen molar-refractivity contribution in [2.45, 2.75) is 32.7 Å². The van der Waals surface area contributed by atoms with Crippen LogP contribution in [0, 0.1) is 0 Å². The molecule has 0 aromatic heterocycles. The van der Waals surface area contributed by atoms with Crippen molar-refractivity contribution in [2.24, 2.45) is 5.73 Å². The van der Waals surface area contributed by atoms with Gasteiger partial charge in [-0.25, -0.2) is 0 Å². The molecule has 0 bridgehead atoms. The first-order chi connectivity index (χ1) is 9.04. The van der Waals surface area contributed by atoms with Gasteiger partial charge in [-0.15, -0.1) is 0 Å². The summed E-state index contributed by atoms with van der Waals surface area (Å²) in [4.78, 5) is 11.5. The molecule has 0 unspecified atom stereocenters. The molecular weight excluding hydrogens is 264 g/mol. The van der Waals surface area contributed by atoms with Gasteiger partial charge in [0.2, 0.25) is 5.91 Å². The predicted molar refractivity (Wildman–Crippen MR) is 77.6 cm³/mol. The minimum atomic E-state index is -0.0255. The van der Waals surface area contributed by atoms with E-state index in [1.165, 1.54) is 0 Å². The Morgan fingerprint density at radius 1 is 1.47 bits per heavy atom. The van der Waals surface area contributed by atoms with Gasteiger partial charge in [0, 0.05) is 6.04 Å². The van der Waals surface area contributed by atoms with Crippen LogP contribution < -0.4 is 15.8 Å². The Morgan fingerprint density at radius 3 is 2.84 bits per heavy atom. The van der Waals surface area contributed by atoms with Gasteiger partial charge in [-0.2, -0.15) is 0 Å². The number of nitrogens with one attached hydrogen (secondary N) is 1. The highest BCUT2D eigenvalue weighted by Gasteiger charge is 2.09. The van der Waals surface area contributed by atoms with Gasteiger partial charge < -0.3 is 15.8 Å². The molecule has 0 fully saturated rings. The summed E-state index contributed by atoms with van der Waals surface area (Å²) in [7, 11) is 0. The molecule has 0 spiro atoms. The van der Waals surface area contributed by atoms with Crippen LogP contribution in [0.5, 0.6) is 5.75 Å². The van der Waals surface area contributed by atoms with Crippen molar-refractivity contribution >= 4 is 17.5 Å². The Kier molecular flexibility index (Phi) is 6.67. The number of halogens is 1. The summed E-state index contributed by atoms with van der Waals surface area (Å²) in [5, 5.41) is 3.36. The third-order valence-electron chi connectivity index (χ3n) is 2.49. The topological polar surface area (TPSA) is 64.3 Å². The molecule has 0 aliphatic heterocycles. The Labute approximate surface area is 119 Å². The average molecular weight is 285 g/mol. The van der Waals surface area contributed by atoms with Crippen LogP contribution >= 0.6 is 11.6 Å². The molecule has 0 saturated carbocycles. The molecule has 1 aromatic carbocycles. The Bertz CT molecular complexity index is 422. The van der Waals surface area contributed by atoms with Gasteiger partial charge in [-0.3, -0.25) is 4.79 Å². The molecule has 19 heavy (non-hydrogen) atoms. The van der Waals surface area contributed by atoms with Crippen LogP contribution in [0.2, 0.25) is 5.02 Å². The van der Waals surface area contributed by atoms with Crippen LogP contribution in [-0.2, 0) is 11.2 Å². The van der Waals surface area contributed by atoms with Crippen LogP contribution in [-0.4, -0.2) is 25.1 Å². The number of hydrogen-bond donors (Lipinski definition) is 2. The summed E-state index contributed by atoms with van der Waals surface area (Å²) in [5.41, 5.74) is 6.52. The maximum Gasteiger partial charge on any atom is 0.223 e. The van der Waals surface area contributed by atoms with E-state index in [2.05, 4.69) is 5.32 Å². The molecule has 5 heteroatoms. The fourth-order valence-electron chi connectivity index (χ4n) is 1.71. The lowest BCUT2D eigenvalue weighted by molar-refractivity contribution is -0.122. The van der Waals surface area contributed by atoms with Crippen molar-refractivity contribution in [3.8, 4) is 5.75 Å². The SMILES string of the molecule is CC(C)NC(=O)CCOc1c(Cl)cccc1CCN. The van der Waals surface area contributed by atoms with Crippen LogP contribution in [0.25, 0.3) is 0 Å². The smallest absolute Gasteiger partial charge is 0.223 e. The molecule has 0 aliphatic carbocycles. The standard InChI is InChI=1S/C14H21ClN2O2/c1-10(2)17-13(18)7-9-19-14-11(6-8-16)4-3-5-12(14)15/h3-5,10H,6-9,16H2,1-2H3,(H,17,18). The van der Waals surface area contributed by atoms with Gasteiger partial charge in [0.1, 0.15) is 5.75 Å². The molecule has 0 radical (unpaired) electrons. The molecule has 1 amide bonds. The van der Waals surface area contributed by atoms with E-state index in [9.17, 15) is 4.79 Å². The Balaban J connectivity index is 2.55. The highest BCUT2D eigenvalue weighted by atomic mass is 35.5. The highest BCUT2D eigenvalue weighted by Crippen LogP contribution is 2.28. The molecule has 106 valence electrons. The van der Waals surface area contributed by atoms with E-state index in [4.69, 9.17) is 22.1 Å². The first kappa shape index (κ1) is 15.8. The van der Waals surface area contributed by atoms with Crippen molar-refractivity contribution in [3.63, 3.8) is 0 Å². The van der Waals surface area contributed by atoms with E-state index in [0.29, 0.717) is 36.8 Å². The van der Waals surface area contributed by atoms with Gasteiger partial charge in [0.15, 0.2) is 0 Å². The number of carbonyl (C=O) groups excluding carboxylic acids is 1. The number of para-hydroxylation sites is 1. The van der Waals surface area contributed by atoms with Crippen LogP contribution in [0.4, 0.5) is 0 Å². The lowest BCUT2D eigenvalue weighted by Crippen LogP contribution is -2.31. The zero-order chi connectivity index (χ0) is 14.3. The Hall–Kier alpha value is -1.26. The maximum absolute atomic E-state index is 11.5. The van der Waals surface area contributed by atoms with Crippen molar-refractivity contribution in [2.75, 3.05) is 13.2 Å². The zero-order valence-electron chi connectivity index (χ0n) is 11.4. The minimum absolute atomic E-state index is 0.0255. The molecule has 0 atom stereocenters. The second-order valence-corrected chi connectivity index (χ2v) is 4.99. The van der Waals surface area contributed by atoms with Crippen molar-refractivity contribution in [1.29, 1.82) is 0 Å². The summed E-state index contributed by atoms with van der Waals surface area (Å²) in [6, 6.07) is 5.71. The van der Waals surface area contributed by atoms with Crippen molar-refractivity contribution < 1.29 is 9.53 Å². The summed E-state index contributed by atoms with van der Waals surface area (Å²) >= 11 is 6.10. The third kappa shape index (κ3) is 5.49. The Morgan fingerprint density at radius 2 is 2.21 bits per heavy atom. The largest absolute Gasteiger partial charge is 0.491 e. The van der Waals surface area contributed by atoms with Gasteiger partial charge >= 0.3 is 0 Å². The van der Waals surface area contributed by atoms with E-state index in [0.717, 1.165) is 5.56 Å². The van der Waals surface area contributed by atoms with E-state index in [1.807, 2.05) is 26.0 Å². The van der Waals surface area contributed by atoms with E-state index in [-0.39, 0.29) is 11.9 Å². The number of nitrogens with two attached hydrogens (primary N) is 1. The van der Waals surface area contributed by atoms with Crippen molar-refractivity contribution in [1.82, 2.24) is 5.32 Å². The molecule has 1 aromatic rings. The van der Waals surface area contributed by atoms with E-state index >= 15 is 0 Å². The van der Waals surface area contributed by atoms with Crippen LogP contribution in [0.3, 0.4) is 0 Å². The quantitative estimate of drug-likeness (QED) is 0.806. The number of rotatable bonds is 7. The fourth-order valence-corrected chi connectivity index (χ4v) is 1.96. The number of amides is 1. The first-order valence-electron chi connectivity index (χ1n) is 6.44. The minimum Gasteiger partial charge on any atom is -0.491 e. The van der Waals surface area contributed by atoms with Crippen LogP contribution in [0.1, 0.15) is 25.8 Å². The third-order valence-corrected chi connectivity index (χ3v) is 2.79. The fraction of sp³-hybridized carbons (Fsp3) is 0.500. The van der Waals surface area contributed by atoms with Gasteiger partial charge in [-0.05, 0) is 38.4 Å². The maximum atomic E-state index is 11.5. The zero-order valence-corrected chi connectivity index (χ0v) is 12.2.